The van der Waals surface area contributed by atoms with E-state index >= 15 is 8.78 Å². The van der Waals surface area contributed by atoms with Crippen LogP contribution in [-0.2, 0) is 15.9 Å². The van der Waals surface area contributed by atoms with Crippen LogP contribution in [0, 0.1) is 22.5 Å². The third-order valence-electron chi connectivity index (χ3n) is 13.3. The molecule has 5 aliphatic rings. The second-order valence-corrected chi connectivity index (χ2v) is 17.2. The van der Waals surface area contributed by atoms with Gasteiger partial charge >= 0.3 is 6.01 Å². The molecule has 2 aromatic carbocycles. The lowest BCUT2D eigenvalue weighted by Gasteiger charge is -2.56. The van der Waals surface area contributed by atoms with Gasteiger partial charge < -0.3 is 34.4 Å². The Morgan fingerprint density at radius 3 is 2.69 bits per heavy atom. The van der Waals surface area contributed by atoms with E-state index in [1.807, 2.05) is 6.92 Å². The van der Waals surface area contributed by atoms with Gasteiger partial charge in [-0.1, -0.05) is 19.4 Å². The molecule has 2 saturated carbocycles. The molecular weight excluding hydrogens is 708 g/mol. The molecule has 55 heavy (non-hydrogen) atoms. The monoisotopic (exact) mass is 759 g/mol. The van der Waals surface area contributed by atoms with Gasteiger partial charge in [-0.2, -0.15) is 9.97 Å². The van der Waals surface area contributed by atoms with Gasteiger partial charge in [-0.05, 0) is 105 Å². The second kappa shape index (κ2) is 14.0. The van der Waals surface area contributed by atoms with Gasteiger partial charge in [-0.25, -0.2) is 8.78 Å². The highest BCUT2D eigenvalue weighted by atomic mass is 19.1. The SMILES string of the molecule is CCc1c(F)ccc2cc(O)cc(-c3ncc4c(N5C[C@H](CO)OC[C@@](C)(O)C5)nc(OC[C@]56CCCC5N(C5CC7(CCOC7)C5)CCC6)nc4c3F)c12. The summed E-state index contributed by atoms with van der Waals surface area (Å²) in [6.45, 7) is 6.66. The quantitative estimate of drug-likeness (QED) is 0.198. The van der Waals surface area contributed by atoms with E-state index in [-0.39, 0.29) is 65.6 Å². The molecule has 11 nitrogen and oxygen atoms in total. The van der Waals surface area contributed by atoms with E-state index in [4.69, 9.17) is 24.2 Å². The molecule has 5 fully saturated rings. The van der Waals surface area contributed by atoms with Gasteiger partial charge in [0.15, 0.2) is 5.82 Å². The highest BCUT2D eigenvalue weighted by molar-refractivity contribution is 6.01. The van der Waals surface area contributed by atoms with Crippen molar-refractivity contribution in [1.82, 2.24) is 19.9 Å². The minimum Gasteiger partial charge on any atom is -0.508 e. The fraction of sp³-hybridized carbons (Fsp3) is 0.595. The smallest absolute Gasteiger partial charge is 0.319 e. The number of piperidine rings is 1. The summed E-state index contributed by atoms with van der Waals surface area (Å²) in [5.74, 6) is -0.997. The molecule has 1 unspecified atom stereocenters. The number of benzene rings is 2. The number of nitrogens with zero attached hydrogens (tertiary/aromatic N) is 5. The van der Waals surface area contributed by atoms with Gasteiger partial charge in [0.2, 0.25) is 0 Å². The first-order chi connectivity index (χ1) is 26.5. The molecule has 4 aromatic rings. The van der Waals surface area contributed by atoms with Crippen molar-refractivity contribution in [3.05, 3.63) is 47.7 Å². The fourth-order valence-corrected chi connectivity index (χ4v) is 10.7. The van der Waals surface area contributed by atoms with E-state index < -0.39 is 23.3 Å². The van der Waals surface area contributed by atoms with Gasteiger partial charge in [0.1, 0.15) is 34.2 Å². The summed E-state index contributed by atoms with van der Waals surface area (Å²) in [6.07, 6.45) is 10.1. The van der Waals surface area contributed by atoms with Crippen LogP contribution in [0.5, 0.6) is 11.8 Å². The van der Waals surface area contributed by atoms with E-state index in [0.717, 1.165) is 58.3 Å². The lowest BCUT2D eigenvalue weighted by atomic mass is 9.63. The Morgan fingerprint density at radius 2 is 1.91 bits per heavy atom. The molecule has 3 saturated heterocycles. The van der Waals surface area contributed by atoms with Crippen molar-refractivity contribution in [3.8, 4) is 23.0 Å². The van der Waals surface area contributed by atoms with Crippen LogP contribution in [0.4, 0.5) is 14.6 Å². The average Bonchev–Trinajstić information content (AvgIpc) is 3.80. The van der Waals surface area contributed by atoms with Crippen LogP contribution in [-0.4, -0.2) is 112 Å². The highest BCUT2D eigenvalue weighted by Crippen LogP contribution is 2.55. The number of aromatic hydroxyl groups is 1. The first kappa shape index (κ1) is 36.9. The summed E-state index contributed by atoms with van der Waals surface area (Å²) in [5, 5.41) is 33.4. The Bertz CT molecular complexity index is 2100. The van der Waals surface area contributed by atoms with Crippen molar-refractivity contribution in [2.45, 2.75) is 95.4 Å². The predicted molar refractivity (Wildman–Crippen MR) is 203 cm³/mol. The Hall–Kier alpha value is -3.75. The number of anilines is 1. The van der Waals surface area contributed by atoms with Crippen LogP contribution >= 0.6 is 0 Å². The number of phenolic OH excluding ortho intramolecular Hbond substituents is 1. The summed E-state index contributed by atoms with van der Waals surface area (Å²) in [4.78, 5) is 18.7. The largest absolute Gasteiger partial charge is 0.508 e. The van der Waals surface area contributed by atoms with Crippen LogP contribution < -0.4 is 9.64 Å². The molecular formula is C42H51F2N5O6. The van der Waals surface area contributed by atoms with E-state index in [0.29, 0.717) is 52.7 Å². The van der Waals surface area contributed by atoms with Gasteiger partial charge in [0, 0.05) is 42.4 Å². The summed E-state index contributed by atoms with van der Waals surface area (Å²) < 4.78 is 50.6. The van der Waals surface area contributed by atoms with Crippen LogP contribution in [0.25, 0.3) is 32.9 Å². The summed E-state index contributed by atoms with van der Waals surface area (Å²) in [5.41, 5.74) is -0.543. The Kier molecular flexibility index (Phi) is 9.39. The maximum Gasteiger partial charge on any atom is 0.319 e. The highest BCUT2D eigenvalue weighted by Gasteiger charge is 2.55. The Morgan fingerprint density at radius 1 is 1.07 bits per heavy atom. The summed E-state index contributed by atoms with van der Waals surface area (Å²) in [7, 11) is 0. The topological polar surface area (TPSA) is 134 Å². The number of aliphatic hydroxyl groups excluding tert-OH is 1. The molecule has 5 heterocycles. The standard InChI is InChI=1S/C42H51F2N5O6/c1-3-29-32(43)8-7-25-14-27(51)15-30(34(25)29)36-35(44)37-31(18-45-36)38(48-19-28(20-50)54-22-40(2,52)21-48)47-39(46-37)55-24-42-9-4-6-33(42)49(12-5-10-42)26-16-41(17-26)11-13-53-23-41/h7-8,14-15,18,26,28,33,50-52H,3-6,9-13,16-17,19-24H2,1-2H3/t26?,28-,33?,40+,41?,42-/m1/s1. The Balaban J connectivity index is 1.12. The van der Waals surface area contributed by atoms with Crippen molar-refractivity contribution in [3.63, 3.8) is 0 Å². The summed E-state index contributed by atoms with van der Waals surface area (Å²) >= 11 is 0. The molecule has 3 N–H and O–H groups in total. The zero-order chi connectivity index (χ0) is 38.1. The normalized spacial score (nSPS) is 31.2. The maximum atomic E-state index is 17.2. The predicted octanol–water partition coefficient (Wildman–Crippen LogP) is 5.92. The number of β-amino-alcohol motifs (C(OH)–C–C–N with tert-alkyl or cyclic N) is 1. The first-order valence-corrected chi connectivity index (χ1v) is 20.0. The number of fused-ring (bicyclic) bond motifs is 3. The minimum atomic E-state index is -1.30. The molecule has 2 aromatic heterocycles. The van der Waals surface area contributed by atoms with E-state index in [1.165, 1.54) is 37.2 Å². The number of aromatic nitrogens is 3. The molecule has 13 heteroatoms. The number of pyridine rings is 1. The van der Waals surface area contributed by atoms with Gasteiger partial charge in [-0.15, -0.1) is 0 Å². The van der Waals surface area contributed by atoms with Crippen molar-refractivity contribution in [1.29, 1.82) is 0 Å². The number of rotatable bonds is 8. The van der Waals surface area contributed by atoms with Crippen LogP contribution in [0.15, 0.2) is 30.5 Å². The zero-order valence-electron chi connectivity index (χ0n) is 31.7. The van der Waals surface area contributed by atoms with Crippen LogP contribution in [0.3, 0.4) is 0 Å². The molecule has 2 aliphatic carbocycles. The van der Waals surface area contributed by atoms with Crippen molar-refractivity contribution >= 4 is 27.5 Å². The van der Waals surface area contributed by atoms with E-state index in [1.54, 1.807) is 17.9 Å². The number of aliphatic hydroxyl groups is 2. The number of likely N-dealkylation sites (tertiary alicyclic amines) is 1. The van der Waals surface area contributed by atoms with Gasteiger partial charge in [0.05, 0.1) is 44.5 Å². The lowest BCUT2D eigenvalue weighted by molar-refractivity contribution is -0.0813. The van der Waals surface area contributed by atoms with Crippen LogP contribution in [0.1, 0.15) is 70.8 Å². The first-order valence-electron chi connectivity index (χ1n) is 20.0. The van der Waals surface area contributed by atoms with E-state index in [9.17, 15) is 15.3 Å². The number of phenols is 1. The van der Waals surface area contributed by atoms with Crippen molar-refractivity contribution in [2.75, 3.05) is 57.6 Å². The van der Waals surface area contributed by atoms with Gasteiger partial charge in [0.25, 0.3) is 0 Å². The molecule has 9 rings (SSSR count). The fourth-order valence-electron chi connectivity index (χ4n) is 10.7. The number of halogens is 2. The Labute approximate surface area is 319 Å². The third kappa shape index (κ3) is 6.49. The maximum absolute atomic E-state index is 17.2. The molecule has 0 bridgehead atoms. The van der Waals surface area contributed by atoms with Crippen LogP contribution in [0.2, 0.25) is 0 Å². The second-order valence-electron chi connectivity index (χ2n) is 17.2. The number of aryl methyl sites for hydroxylation is 1. The molecule has 0 radical (unpaired) electrons. The van der Waals surface area contributed by atoms with Crippen molar-refractivity contribution in [2.24, 2.45) is 10.8 Å². The molecule has 3 aliphatic heterocycles. The summed E-state index contributed by atoms with van der Waals surface area (Å²) in [6, 6.07) is 6.80. The lowest BCUT2D eigenvalue weighted by Crippen LogP contribution is -2.60. The number of ether oxygens (including phenoxy) is 3. The zero-order valence-corrected chi connectivity index (χ0v) is 31.7. The van der Waals surface area contributed by atoms with E-state index in [2.05, 4.69) is 9.88 Å². The molecule has 4 atom stereocenters. The minimum absolute atomic E-state index is 0.00565. The average molecular weight is 760 g/mol. The van der Waals surface area contributed by atoms with Crippen molar-refractivity contribution < 1.29 is 38.3 Å². The number of hydrogen-bond acceptors (Lipinski definition) is 11. The third-order valence-corrected chi connectivity index (χ3v) is 13.3. The molecule has 294 valence electrons. The van der Waals surface area contributed by atoms with Gasteiger partial charge in [-0.3, -0.25) is 9.88 Å². The molecule has 0 amide bonds. The molecule has 1 spiro atoms. The number of hydrogen-bond donors (Lipinski definition) is 3.